The molecule has 0 radical (unpaired) electrons. The molecule has 0 aromatic heterocycles. The van der Waals surface area contributed by atoms with Gasteiger partial charge in [0.25, 0.3) is 0 Å². The number of nitrogens with one attached hydrogen (secondary N) is 1. The number of likely N-dealkylation sites (tertiary alicyclic amines) is 1. The van der Waals surface area contributed by atoms with Crippen LogP contribution >= 0.6 is 15.9 Å². The van der Waals surface area contributed by atoms with Crippen molar-refractivity contribution in [3.8, 4) is 0 Å². The maximum Gasteiger partial charge on any atom is 0.410 e. The third kappa shape index (κ3) is 5.72. The second-order valence-electron chi connectivity index (χ2n) is 7.20. The van der Waals surface area contributed by atoms with Crippen molar-refractivity contribution in [1.82, 2.24) is 4.90 Å². The normalized spacial score (nSPS) is 19.2. The highest BCUT2D eigenvalue weighted by atomic mass is 79.9. The minimum Gasteiger partial charge on any atom is -0.444 e. The Morgan fingerprint density at radius 1 is 1.30 bits per heavy atom. The third-order valence-electron chi connectivity index (χ3n) is 3.94. The Morgan fingerprint density at radius 3 is 2.74 bits per heavy atom. The van der Waals surface area contributed by atoms with Gasteiger partial charge in [-0.25, -0.2) is 4.79 Å². The molecule has 128 valence electrons. The summed E-state index contributed by atoms with van der Waals surface area (Å²) < 4.78 is 6.56. The predicted molar refractivity (Wildman–Crippen MR) is 97.9 cm³/mol. The van der Waals surface area contributed by atoms with E-state index in [-0.39, 0.29) is 6.09 Å². The first-order valence-electron chi connectivity index (χ1n) is 8.25. The van der Waals surface area contributed by atoms with Crippen LogP contribution in [0.2, 0.25) is 0 Å². The molecular weight excluding hydrogens is 356 g/mol. The lowest BCUT2D eigenvalue weighted by molar-refractivity contribution is 0.0256. The number of benzene rings is 1. The molecule has 0 bridgehead atoms. The molecule has 1 heterocycles. The van der Waals surface area contributed by atoms with Gasteiger partial charge in [-0.15, -0.1) is 0 Å². The molecule has 1 saturated heterocycles. The van der Waals surface area contributed by atoms with Gasteiger partial charge in [-0.3, -0.25) is 0 Å². The van der Waals surface area contributed by atoms with Gasteiger partial charge in [0.2, 0.25) is 0 Å². The number of hydrogen-bond donors (Lipinski definition) is 1. The van der Waals surface area contributed by atoms with Crippen LogP contribution in [0.1, 0.15) is 45.6 Å². The van der Waals surface area contributed by atoms with Gasteiger partial charge in [0.1, 0.15) is 5.60 Å². The van der Waals surface area contributed by atoms with Crippen molar-refractivity contribution in [1.29, 1.82) is 0 Å². The quantitative estimate of drug-likeness (QED) is 0.785. The van der Waals surface area contributed by atoms with Crippen LogP contribution in [0.25, 0.3) is 0 Å². The number of carbonyl (C=O) groups excluding carboxylic acids is 1. The predicted octanol–water partition coefficient (Wildman–Crippen LogP) is 4.96. The second kappa shape index (κ2) is 7.56. The van der Waals surface area contributed by atoms with E-state index in [1.54, 1.807) is 0 Å². The lowest BCUT2D eigenvalue weighted by Crippen LogP contribution is -2.37. The largest absolute Gasteiger partial charge is 0.444 e. The topological polar surface area (TPSA) is 41.6 Å². The van der Waals surface area contributed by atoms with Crippen LogP contribution < -0.4 is 5.32 Å². The molecule has 0 aliphatic carbocycles. The molecule has 23 heavy (non-hydrogen) atoms. The van der Waals surface area contributed by atoms with Crippen LogP contribution in [0.4, 0.5) is 10.5 Å². The number of hydrogen-bond acceptors (Lipinski definition) is 3. The van der Waals surface area contributed by atoms with Crippen molar-refractivity contribution in [3.63, 3.8) is 0 Å². The van der Waals surface area contributed by atoms with Crippen molar-refractivity contribution in [2.75, 3.05) is 18.4 Å². The van der Waals surface area contributed by atoms with Gasteiger partial charge < -0.3 is 15.0 Å². The molecule has 1 aromatic rings. The van der Waals surface area contributed by atoms with Crippen molar-refractivity contribution in [3.05, 3.63) is 28.2 Å². The summed E-state index contributed by atoms with van der Waals surface area (Å²) in [5, 5.41) is 3.63. The molecule has 1 fully saturated rings. The Balaban J connectivity index is 1.93. The fourth-order valence-corrected chi connectivity index (χ4v) is 3.08. The number of ether oxygens (including phenoxy) is 1. The molecule has 5 heteroatoms. The van der Waals surface area contributed by atoms with E-state index in [0.29, 0.717) is 6.04 Å². The first-order valence-corrected chi connectivity index (χ1v) is 9.04. The molecule has 1 aliphatic rings. The Morgan fingerprint density at radius 2 is 2.04 bits per heavy atom. The van der Waals surface area contributed by atoms with E-state index in [9.17, 15) is 4.79 Å². The first-order chi connectivity index (χ1) is 10.7. The lowest BCUT2D eigenvalue weighted by Gasteiger charge is -2.26. The molecule has 1 aliphatic heterocycles. The van der Waals surface area contributed by atoms with Crippen molar-refractivity contribution in [2.24, 2.45) is 0 Å². The van der Waals surface area contributed by atoms with Crippen molar-refractivity contribution >= 4 is 27.7 Å². The van der Waals surface area contributed by atoms with E-state index in [2.05, 4.69) is 46.4 Å². The van der Waals surface area contributed by atoms with Gasteiger partial charge in [0, 0.05) is 29.3 Å². The first kappa shape index (κ1) is 18.1. The van der Waals surface area contributed by atoms with Gasteiger partial charge in [-0.1, -0.05) is 22.0 Å². The van der Waals surface area contributed by atoms with E-state index < -0.39 is 5.60 Å². The summed E-state index contributed by atoms with van der Waals surface area (Å²) in [6.07, 6.45) is 2.79. The van der Waals surface area contributed by atoms with Crippen LogP contribution in [0.5, 0.6) is 0 Å². The molecule has 4 nitrogen and oxygen atoms in total. The number of halogens is 1. The van der Waals surface area contributed by atoms with Crippen LogP contribution in [0, 0.1) is 6.92 Å². The minimum atomic E-state index is -0.436. The zero-order chi connectivity index (χ0) is 17.0. The SMILES string of the molecule is Cc1ccc(Br)cc1NC1CCCN(C(=O)OC(C)(C)C)CC1. The standard InChI is InChI=1S/C18H27BrN2O2/c1-13-7-8-14(19)12-16(13)20-15-6-5-10-21(11-9-15)17(22)23-18(2,3)4/h7-8,12,15,20H,5-6,9-11H2,1-4H3. The van der Waals surface area contributed by atoms with Crippen LogP contribution in [-0.2, 0) is 4.74 Å². The number of amides is 1. The van der Waals surface area contributed by atoms with Crippen LogP contribution in [-0.4, -0.2) is 35.7 Å². The highest BCUT2D eigenvalue weighted by molar-refractivity contribution is 9.10. The van der Waals surface area contributed by atoms with Crippen molar-refractivity contribution < 1.29 is 9.53 Å². The number of nitrogens with zero attached hydrogens (tertiary/aromatic N) is 1. The maximum atomic E-state index is 12.2. The monoisotopic (exact) mass is 382 g/mol. The second-order valence-corrected chi connectivity index (χ2v) is 8.11. The summed E-state index contributed by atoms with van der Waals surface area (Å²) in [6.45, 7) is 9.33. The molecule has 1 atom stereocenters. The van der Waals surface area contributed by atoms with Crippen LogP contribution in [0.15, 0.2) is 22.7 Å². The highest BCUT2D eigenvalue weighted by Crippen LogP contribution is 2.24. The Bertz CT molecular complexity index is 554. The Hall–Kier alpha value is -1.23. The van der Waals surface area contributed by atoms with Crippen LogP contribution in [0.3, 0.4) is 0 Å². The molecular formula is C18H27BrN2O2. The zero-order valence-corrected chi connectivity index (χ0v) is 16.1. The van der Waals surface area contributed by atoms with E-state index in [1.807, 2.05) is 25.7 Å². The van der Waals surface area contributed by atoms with Gasteiger partial charge in [0.15, 0.2) is 0 Å². The zero-order valence-electron chi connectivity index (χ0n) is 14.5. The van der Waals surface area contributed by atoms with E-state index in [1.165, 1.54) is 5.56 Å². The summed E-state index contributed by atoms with van der Waals surface area (Å²) in [7, 11) is 0. The van der Waals surface area contributed by atoms with E-state index in [0.717, 1.165) is 42.5 Å². The Labute approximate surface area is 147 Å². The summed E-state index contributed by atoms with van der Waals surface area (Å²) in [4.78, 5) is 14.0. The maximum absolute atomic E-state index is 12.2. The Kier molecular flexibility index (Phi) is 5.95. The summed E-state index contributed by atoms with van der Waals surface area (Å²) in [6, 6.07) is 6.66. The molecule has 2 rings (SSSR count). The van der Waals surface area contributed by atoms with Gasteiger partial charge in [-0.05, 0) is 64.7 Å². The molecule has 1 aromatic carbocycles. The molecule has 1 unspecified atom stereocenters. The number of aryl methyl sites for hydroxylation is 1. The molecule has 0 spiro atoms. The number of carbonyl (C=O) groups is 1. The average molecular weight is 383 g/mol. The minimum absolute atomic E-state index is 0.197. The summed E-state index contributed by atoms with van der Waals surface area (Å²) >= 11 is 3.52. The van der Waals surface area contributed by atoms with E-state index >= 15 is 0 Å². The average Bonchev–Trinajstić information content (AvgIpc) is 2.67. The van der Waals surface area contributed by atoms with E-state index in [4.69, 9.17) is 4.74 Å². The highest BCUT2D eigenvalue weighted by Gasteiger charge is 2.25. The fourth-order valence-electron chi connectivity index (χ4n) is 2.72. The van der Waals surface area contributed by atoms with Crippen molar-refractivity contribution in [2.45, 2.75) is 58.6 Å². The molecule has 1 N–H and O–H groups in total. The van der Waals surface area contributed by atoms with Gasteiger partial charge in [0.05, 0.1) is 0 Å². The fraction of sp³-hybridized carbons (Fsp3) is 0.611. The number of rotatable bonds is 2. The molecule has 1 amide bonds. The smallest absolute Gasteiger partial charge is 0.410 e. The third-order valence-corrected chi connectivity index (χ3v) is 4.43. The molecule has 0 saturated carbocycles. The number of anilines is 1. The van der Waals surface area contributed by atoms with Gasteiger partial charge in [-0.2, -0.15) is 0 Å². The summed E-state index contributed by atoms with van der Waals surface area (Å²) in [5.74, 6) is 0. The van der Waals surface area contributed by atoms with Gasteiger partial charge >= 0.3 is 6.09 Å². The summed E-state index contributed by atoms with van der Waals surface area (Å²) in [5.41, 5.74) is 1.96. The lowest BCUT2D eigenvalue weighted by atomic mass is 10.1.